The van der Waals surface area contributed by atoms with Crippen molar-refractivity contribution in [2.75, 3.05) is 17.7 Å². The van der Waals surface area contributed by atoms with Crippen LogP contribution in [-0.2, 0) is 15.0 Å². The molecule has 220 valence electrons. The SMILES string of the molecule is COc1cc(NC(=O)[C@H]2N[C@H](CC(C)(C)C)[C@]3(C(=O)Nc4cc(Cl)ccc43)[C@@H]2c2cccc(Cl)c2F)ccc1C(N)=O. The maximum absolute atomic E-state index is 15.9. The summed E-state index contributed by atoms with van der Waals surface area (Å²) in [7, 11) is 1.38. The number of nitrogens with one attached hydrogen (secondary N) is 3. The number of methoxy groups -OCH3 is 1. The van der Waals surface area contributed by atoms with Gasteiger partial charge in [0.25, 0.3) is 5.91 Å². The van der Waals surface area contributed by atoms with Crippen LogP contribution in [0, 0.1) is 11.2 Å². The molecule has 3 aromatic rings. The lowest BCUT2D eigenvalue weighted by molar-refractivity contribution is -0.122. The zero-order valence-electron chi connectivity index (χ0n) is 23.5. The Labute approximate surface area is 253 Å². The highest BCUT2D eigenvalue weighted by atomic mass is 35.5. The Hall–Kier alpha value is -3.66. The van der Waals surface area contributed by atoms with Crippen LogP contribution >= 0.6 is 23.2 Å². The fourth-order valence-electron chi connectivity index (χ4n) is 6.34. The van der Waals surface area contributed by atoms with Gasteiger partial charge in [0.1, 0.15) is 17.0 Å². The van der Waals surface area contributed by atoms with Gasteiger partial charge in [0.05, 0.1) is 23.7 Å². The first-order chi connectivity index (χ1) is 19.8. The Bertz CT molecular complexity index is 1610. The minimum Gasteiger partial charge on any atom is -0.496 e. The molecule has 5 N–H and O–H groups in total. The van der Waals surface area contributed by atoms with Gasteiger partial charge >= 0.3 is 0 Å². The van der Waals surface area contributed by atoms with Crippen molar-refractivity contribution in [2.45, 2.75) is 50.6 Å². The first-order valence-corrected chi connectivity index (χ1v) is 14.1. The van der Waals surface area contributed by atoms with Crippen LogP contribution < -0.4 is 26.4 Å². The molecular weight excluding hydrogens is 582 g/mol. The molecule has 2 aliphatic heterocycles. The second-order valence-electron chi connectivity index (χ2n) is 11.9. The highest BCUT2D eigenvalue weighted by Crippen LogP contribution is 2.57. The molecule has 3 amide bonds. The van der Waals surface area contributed by atoms with E-state index < -0.39 is 41.0 Å². The lowest BCUT2D eigenvalue weighted by Crippen LogP contribution is -2.49. The standard InChI is InChI=1S/C31H31Cl2FN4O4/c1-30(2,3)14-23-31(19-11-8-15(32)12-21(19)37-29(31)41)24(18-6-5-7-20(33)25(18)34)26(38-23)28(40)36-16-9-10-17(27(35)39)22(13-16)42-4/h5-13,23-24,26,38H,14H2,1-4H3,(H2,35,39)(H,36,40)(H,37,41)/t23-,24-,26+,31+/m1/s1. The van der Waals surface area contributed by atoms with Gasteiger partial charge in [-0.15, -0.1) is 0 Å². The molecule has 8 nitrogen and oxygen atoms in total. The van der Waals surface area contributed by atoms with Crippen LogP contribution in [0.25, 0.3) is 0 Å². The van der Waals surface area contributed by atoms with Gasteiger partial charge in [-0.2, -0.15) is 0 Å². The van der Waals surface area contributed by atoms with Gasteiger partial charge in [-0.25, -0.2) is 4.39 Å². The van der Waals surface area contributed by atoms with Crippen LogP contribution in [0.5, 0.6) is 5.75 Å². The largest absolute Gasteiger partial charge is 0.496 e. The molecule has 11 heteroatoms. The number of amides is 3. The zero-order valence-corrected chi connectivity index (χ0v) is 25.0. The van der Waals surface area contributed by atoms with Crippen molar-refractivity contribution >= 4 is 52.3 Å². The smallest absolute Gasteiger partial charge is 0.252 e. The third-order valence-electron chi connectivity index (χ3n) is 7.96. The zero-order chi connectivity index (χ0) is 30.6. The van der Waals surface area contributed by atoms with Gasteiger partial charge in [-0.05, 0) is 53.3 Å². The van der Waals surface area contributed by atoms with Gasteiger partial charge in [0, 0.05) is 34.4 Å². The van der Waals surface area contributed by atoms with Crippen molar-refractivity contribution < 1.29 is 23.5 Å². The van der Waals surface area contributed by atoms with Crippen LogP contribution in [0.2, 0.25) is 10.0 Å². The summed E-state index contributed by atoms with van der Waals surface area (Å²) in [4.78, 5) is 40.1. The minimum absolute atomic E-state index is 0.123. The number of hydrogen-bond acceptors (Lipinski definition) is 5. The van der Waals surface area contributed by atoms with E-state index in [0.29, 0.717) is 28.4 Å². The Morgan fingerprint density at radius 1 is 1.12 bits per heavy atom. The Kier molecular flexibility index (Phi) is 7.72. The summed E-state index contributed by atoms with van der Waals surface area (Å²) in [5, 5.41) is 9.53. The summed E-state index contributed by atoms with van der Waals surface area (Å²) in [5.41, 5.74) is 5.50. The average Bonchev–Trinajstić information content (AvgIpc) is 3.38. The fourth-order valence-corrected chi connectivity index (χ4v) is 6.70. The van der Waals surface area contributed by atoms with Gasteiger partial charge in [-0.1, -0.05) is 62.2 Å². The Morgan fingerprint density at radius 3 is 2.52 bits per heavy atom. The molecule has 1 spiro atoms. The number of nitrogens with two attached hydrogens (primary N) is 1. The Morgan fingerprint density at radius 2 is 1.86 bits per heavy atom. The van der Waals surface area contributed by atoms with Crippen molar-refractivity contribution in [3.8, 4) is 5.75 Å². The van der Waals surface area contributed by atoms with Crippen LogP contribution in [0.4, 0.5) is 15.8 Å². The number of anilines is 2. The molecule has 0 aromatic heterocycles. The Balaban J connectivity index is 1.69. The van der Waals surface area contributed by atoms with E-state index >= 15 is 4.39 Å². The summed E-state index contributed by atoms with van der Waals surface area (Å²) in [6.45, 7) is 6.10. The van der Waals surface area contributed by atoms with E-state index in [0.717, 1.165) is 0 Å². The average molecular weight is 614 g/mol. The number of ether oxygens (including phenoxy) is 1. The molecule has 2 heterocycles. The molecule has 1 fully saturated rings. The van der Waals surface area contributed by atoms with Gasteiger partial charge in [0.15, 0.2) is 0 Å². The lowest BCUT2D eigenvalue weighted by atomic mass is 9.62. The predicted octanol–water partition coefficient (Wildman–Crippen LogP) is 5.63. The molecule has 0 saturated carbocycles. The first-order valence-electron chi connectivity index (χ1n) is 13.4. The summed E-state index contributed by atoms with van der Waals surface area (Å²) in [6, 6.07) is 12.5. The first kappa shape index (κ1) is 29.8. The highest BCUT2D eigenvalue weighted by Gasteiger charge is 2.66. The van der Waals surface area contributed by atoms with Crippen LogP contribution in [0.1, 0.15) is 54.6 Å². The number of benzene rings is 3. The summed E-state index contributed by atoms with van der Waals surface area (Å²) >= 11 is 12.5. The van der Waals surface area contributed by atoms with Crippen LogP contribution in [0.15, 0.2) is 54.6 Å². The van der Waals surface area contributed by atoms with E-state index in [2.05, 4.69) is 16.0 Å². The van der Waals surface area contributed by atoms with Crippen molar-refractivity contribution in [3.05, 3.63) is 87.2 Å². The number of fused-ring (bicyclic) bond motifs is 2. The monoisotopic (exact) mass is 612 g/mol. The predicted molar refractivity (Wildman–Crippen MR) is 161 cm³/mol. The summed E-state index contributed by atoms with van der Waals surface area (Å²) < 4.78 is 21.2. The lowest BCUT2D eigenvalue weighted by Gasteiger charge is -2.37. The molecule has 2 aliphatic rings. The van der Waals surface area contributed by atoms with Gasteiger partial charge in [0.2, 0.25) is 11.8 Å². The van der Waals surface area contributed by atoms with E-state index in [1.807, 2.05) is 20.8 Å². The summed E-state index contributed by atoms with van der Waals surface area (Å²) in [5.74, 6) is -3.09. The van der Waals surface area contributed by atoms with Crippen molar-refractivity contribution in [1.29, 1.82) is 0 Å². The molecule has 5 rings (SSSR count). The van der Waals surface area contributed by atoms with E-state index in [1.165, 1.54) is 31.4 Å². The second-order valence-corrected chi connectivity index (χ2v) is 12.7. The highest BCUT2D eigenvalue weighted by molar-refractivity contribution is 6.31. The normalized spacial score (nSPS) is 23.0. The third kappa shape index (κ3) is 4.99. The third-order valence-corrected chi connectivity index (χ3v) is 8.48. The van der Waals surface area contributed by atoms with Crippen molar-refractivity contribution in [3.63, 3.8) is 0 Å². The molecule has 0 radical (unpaired) electrons. The number of carbonyl (C=O) groups excluding carboxylic acids is 3. The van der Waals surface area contributed by atoms with Crippen molar-refractivity contribution in [1.82, 2.24) is 5.32 Å². The maximum Gasteiger partial charge on any atom is 0.252 e. The van der Waals surface area contributed by atoms with E-state index in [1.54, 1.807) is 30.3 Å². The minimum atomic E-state index is -1.38. The molecule has 42 heavy (non-hydrogen) atoms. The number of rotatable bonds is 6. The van der Waals surface area contributed by atoms with Gasteiger partial charge in [-0.3, -0.25) is 14.4 Å². The van der Waals surface area contributed by atoms with E-state index in [9.17, 15) is 14.4 Å². The van der Waals surface area contributed by atoms with Gasteiger partial charge < -0.3 is 26.4 Å². The van der Waals surface area contributed by atoms with Crippen LogP contribution in [-0.4, -0.2) is 36.9 Å². The molecule has 0 unspecified atom stereocenters. The number of hydrogen-bond donors (Lipinski definition) is 4. The maximum atomic E-state index is 15.9. The fraction of sp³-hybridized carbons (Fsp3) is 0.323. The van der Waals surface area contributed by atoms with E-state index in [4.69, 9.17) is 33.7 Å². The van der Waals surface area contributed by atoms with Crippen LogP contribution in [0.3, 0.4) is 0 Å². The molecule has 0 bridgehead atoms. The summed E-state index contributed by atoms with van der Waals surface area (Å²) in [6.07, 6.45) is 0.478. The molecule has 0 aliphatic carbocycles. The molecule has 3 aromatic carbocycles. The quantitative estimate of drug-likeness (QED) is 0.287. The number of primary amides is 1. The topological polar surface area (TPSA) is 123 Å². The molecule has 4 atom stereocenters. The molecular formula is C31H31Cl2FN4O4. The second kappa shape index (κ2) is 10.9. The molecule has 1 saturated heterocycles. The van der Waals surface area contributed by atoms with E-state index in [-0.39, 0.29) is 33.2 Å². The number of carbonyl (C=O) groups is 3. The number of halogens is 3. The van der Waals surface area contributed by atoms with Crippen molar-refractivity contribution in [2.24, 2.45) is 11.1 Å².